The number of methoxy groups -OCH3 is 1. The van der Waals surface area contributed by atoms with Crippen LogP contribution in [0.1, 0.15) is 38.6 Å². The van der Waals surface area contributed by atoms with Crippen LogP contribution in [0.4, 0.5) is 22.0 Å². The number of hydrogen-bond donors (Lipinski definition) is 1. The predicted octanol–water partition coefficient (Wildman–Crippen LogP) is 3.74. The summed E-state index contributed by atoms with van der Waals surface area (Å²) in [6.45, 7) is -1.85. The van der Waals surface area contributed by atoms with Crippen molar-refractivity contribution in [2.24, 2.45) is 10.7 Å². The Morgan fingerprint density at radius 3 is 2.73 bits per heavy atom. The first-order valence-electron chi connectivity index (χ1n) is 10.2. The molecule has 10 heteroatoms. The molecule has 1 aromatic carbocycles. The van der Waals surface area contributed by atoms with Crippen LogP contribution in [-0.2, 0) is 12.0 Å². The molecule has 0 aliphatic carbocycles. The van der Waals surface area contributed by atoms with Crippen molar-refractivity contribution in [1.29, 1.82) is 0 Å². The van der Waals surface area contributed by atoms with Crippen molar-refractivity contribution in [3.05, 3.63) is 58.9 Å². The van der Waals surface area contributed by atoms with E-state index >= 15 is 0 Å². The van der Waals surface area contributed by atoms with Crippen LogP contribution in [-0.4, -0.2) is 36.2 Å². The highest BCUT2D eigenvalue weighted by Gasteiger charge is 2.58. The van der Waals surface area contributed by atoms with Gasteiger partial charge in [0.05, 0.1) is 23.2 Å². The zero-order chi connectivity index (χ0) is 24.6. The summed E-state index contributed by atoms with van der Waals surface area (Å²) in [6, 6.07) is 3.70. The minimum Gasteiger partial charge on any atom is -0.495 e. The summed E-state index contributed by atoms with van der Waals surface area (Å²) in [5.74, 6) is -8.33. The zero-order valence-corrected chi connectivity index (χ0v) is 15.4. The number of amidine groups is 1. The monoisotopic (exact) mass is 430 g/mol. The molecule has 1 aromatic heterocycles. The third-order valence-corrected chi connectivity index (χ3v) is 4.87. The van der Waals surface area contributed by atoms with Crippen molar-refractivity contribution < 1.29 is 35.6 Å². The first kappa shape index (κ1) is 17.8. The topological polar surface area (TPSA) is 77.6 Å². The number of hydrogen-bond acceptors (Lipinski definition) is 5. The van der Waals surface area contributed by atoms with Crippen molar-refractivity contribution in [2.75, 3.05) is 13.7 Å². The summed E-state index contributed by atoms with van der Waals surface area (Å²) >= 11 is 0. The SMILES string of the molecule is [2H]C([2H])([2H])Oc1ccc(C(=O)Cc2cc(F)c(F)c([C@@]3(CF)N=C(N)CCC3(F)F)c2)nc1. The van der Waals surface area contributed by atoms with Gasteiger partial charge in [-0.1, -0.05) is 0 Å². The second-order valence-corrected chi connectivity index (χ2v) is 6.82. The summed E-state index contributed by atoms with van der Waals surface area (Å²) < 4.78 is 97.9. The molecular weight excluding hydrogens is 409 g/mol. The molecular formula is C20H18F5N3O2. The van der Waals surface area contributed by atoms with E-state index in [0.29, 0.717) is 6.07 Å². The van der Waals surface area contributed by atoms with Crippen LogP contribution in [0, 0.1) is 11.6 Å². The number of pyridine rings is 1. The first-order chi connectivity index (χ1) is 15.3. The van der Waals surface area contributed by atoms with Crippen molar-refractivity contribution in [3.8, 4) is 5.75 Å². The molecule has 160 valence electrons. The molecule has 0 bridgehead atoms. The molecule has 0 saturated carbocycles. The van der Waals surface area contributed by atoms with Gasteiger partial charge in [-0.05, 0) is 29.8 Å². The first-order valence-corrected chi connectivity index (χ1v) is 8.73. The van der Waals surface area contributed by atoms with Crippen LogP contribution in [0.25, 0.3) is 0 Å². The number of halogens is 5. The Morgan fingerprint density at radius 1 is 1.33 bits per heavy atom. The molecule has 3 rings (SSSR count). The quantitative estimate of drug-likeness (QED) is 0.560. The lowest BCUT2D eigenvalue weighted by molar-refractivity contribution is -0.0961. The van der Waals surface area contributed by atoms with E-state index in [1.807, 2.05) is 0 Å². The molecule has 30 heavy (non-hydrogen) atoms. The number of alkyl halides is 3. The van der Waals surface area contributed by atoms with Gasteiger partial charge in [0.15, 0.2) is 23.0 Å². The Kier molecular flexibility index (Phi) is 4.74. The zero-order valence-electron chi connectivity index (χ0n) is 18.4. The lowest BCUT2D eigenvalue weighted by atomic mass is 9.79. The average molecular weight is 430 g/mol. The summed E-state index contributed by atoms with van der Waals surface area (Å²) in [4.78, 5) is 19.8. The van der Waals surface area contributed by atoms with Gasteiger partial charge < -0.3 is 10.5 Å². The number of rotatable bonds is 6. The maximum absolute atomic E-state index is 14.7. The maximum atomic E-state index is 14.7. The second kappa shape index (κ2) is 8.00. The molecule has 1 aliphatic rings. The molecule has 0 fully saturated rings. The summed E-state index contributed by atoms with van der Waals surface area (Å²) in [5.41, 5.74) is 0.996. The molecule has 0 spiro atoms. The number of nitrogens with two attached hydrogens (primary N) is 1. The Labute approximate surface area is 173 Å². The Hall–Kier alpha value is -3.04. The fourth-order valence-corrected chi connectivity index (χ4v) is 3.26. The van der Waals surface area contributed by atoms with E-state index in [-0.39, 0.29) is 29.3 Å². The molecule has 0 saturated heterocycles. The van der Waals surface area contributed by atoms with Gasteiger partial charge in [0.2, 0.25) is 0 Å². The molecule has 5 nitrogen and oxygen atoms in total. The lowest BCUT2D eigenvalue weighted by Gasteiger charge is -2.39. The Balaban J connectivity index is 1.95. The number of carbonyl (C=O) groups excluding carboxylic acids is 1. The normalized spacial score (nSPS) is 22.4. The van der Waals surface area contributed by atoms with Gasteiger partial charge in [-0.15, -0.1) is 0 Å². The van der Waals surface area contributed by atoms with E-state index < -0.39 is 61.0 Å². The van der Waals surface area contributed by atoms with Crippen LogP contribution >= 0.6 is 0 Å². The fourth-order valence-electron chi connectivity index (χ4n) is 3.26. The van der Waals surface area contributed by atoms with Crippen LogP contribution in [0.15, 0.2) is 35.5 Å². The van der Waals surface area contributed by atoms with Gasteiger partial charge in [0.25, 0.3) is 5.92 Å². The third kappa shape index (κ3) is 3.73. The molecule has 2 aromatic rings. The van der Waals surface area contributed by atoms with Crippen LogP contribution in [0.2, 0.25) is 0 Å². The maximum Gasteiger partial charge on any atom is 0.280 e. The van der Waals surface area contributed by atoms with Gasteiger partial charge in [0, 0.05) is 24.8 Å². The van der Waals surface area contributed by atoms with Gasteiger partial charge in [0.1, 0.15) is 18.1 Å². The van der Waals surface area contributed by atoms with E-state index in [4.69, 9.17) is 9.85 Å². The highest BCUT2D eigenvalue weighted by Crippen LogP contribution is 2.48. The smallest absolute Gasteiger partial charge is 0.280 e. The minimum absolute atomic E-state index is 0.137. The van der Waals surface area contributed by atoms with Gasteiger partial charge in [-0.3, -0.25) is 9.79 Å². The van der Waals surface area contributed by atoms with Gasteiger partial charge in [-0.25, -0.2) is 26.9 Å². The number of Topliss-reactive ketones (excluding diaryl/α,β-unsaturated/α-hetero) is 1. The molecule has 1 atom stereocenters. The third-order valence-electron chi connectivity index (χ3n) is 4.87. The van der Waals surface area contributed by atoms with Crippen molar-refractivity contribution in [3.63, 3.8) is 0 Å². The van der Waals surface area contributed by atoms with Gasteiger partial charge in [-0.2, -0.15) is 0 Å². The number of ether oxygens (including phenoxy) is 1. The molecule has 0 unspecified atom stereocenters. The van der Waals surface area contributed by atoms with E-state index in [9.17, 15) is 26.7 Å². The number of carbonyl (C=O) groups is 1. The number of nitrogens with zero attached hydrogens (tertiary/aromatic N) is 2. The highest BCUT2D eigenvalue weighted by atomic mass is 19.3. The van der Waals surface area contributed by atoms with Crippen molar-refractivity contribution in [1.82, 2.24) is 4.98 Å². The molecule has 0 radical (unpaired) electrons. The van der Waals surface area contributed by atoms with E-state index in [0.717, 1.165) is 18.3 Å². The standard InChI is InChI=1S/C20H18F5N3O2/c1-30-12-2-3-15(27-9-12)16(29)8-11-6-13(18(23)14(22)7-11)19(10-21)20(24,25)5-4-17(26)28-19/h2-3,6-7,9H,4-5,8,10H2,1H3,(H2,26,28)/t19-/m1/s1/i1D3. The fraction of sp³-hybridized carbons (Fsp3) is 0.350. The van der Waals surface area contributed by atoms with Crippen LogP contribution in [0.3, 0.4) is 0 Å². The van der Waals surface area contributed by atoms with Gasteiger partial charge >= 0.3 is 0 Å². The largest absolute Gasteiger partial charge is 0.495 e. The Morgan fingerprint density at radius 2 is 2.10 bits per heavy atom. The van der Waals surface area contributed by atoms with E-state index in [1.54, 1.807) is 0 Å². The van der Waals surface area contributed by atoms with Crippen molar-refractivity contribution >= 4 is 11.6 Å². The lowest BCUT2D eigenvalue weighted by Crippen LogP contribution is -2.51. The molecule has 0 amide bonds. The summed E-state index contributed by atoms with van der Waals surface area (Å²) in [7, 11) is -2.73. The van der Waals surface area contributed by atoms with Crippen LogP contribution < -0.4 is 10.5 Å². The highest BCUT2D eigenvalue weighted by molar-refractivity contribution is 5.95. The molecule has 1 aliphatic heterocycles. The predicted molar refractivity (Wildman–Crippen MR) is 98.6 cm³/mol. The number of ketones is 1. The minimum atomic E-state index is -3.86. The number of aromatic nitrogens is 1. The summed E-state index contributed by atoms with van der Waals surface area (Å²) in [6.07, 6.45) is -0.868. The van der Waals surface area contributed by atoms with Crippen molar-refractivity contribution in [2.45, 2.75) is 30.7 Å². The number of aliphatic imine (C=N–C) groups is 1. The van der Waals surface area contributed by atoms with E-state index in [1.165, 1.54) is 6.07 Å². The number of benzene rings is 1. The molecule has 2 N–H and O–H groups in total. The molecule has 2 heterocycles. The van der Waals surface area contributed by atoms with Crippen LogP contribution in [0.5, 0.6) is 5.75 Å². The Bertz CT molecular complexity index is 1090. The average Bonchev–Trinajstić information content (AvgIpc) is 2.71. The van der Waals surface area contributed by atoms with E-state index in [2.05, 4.69) is 14.7 Å². The second-order valence-electron chi connectivity index (χ2n) is 6.82. The summed E-state index contributed by atoms with van der Waals surface area (Å²) in [5, 5.41) is 0.